The molecule has 204 valence electrons. The van der Waals surface area contributed by atoms with Gasteiger partial charge in [0.25, 0.3) is 5.91 Å². The number of aryl methyl sites for hydroxylation is 2. The first-order valence-electron chi connectivity index (χ1n) is 12.7. The second-order valence-electron chi connectivity index (χ2n) is 9.84. The second-order valence-corrected chi connectivity index (χ2v) is 9.84. The van der Waals surface area contributed by atoms with Gasteiger partial charge in [0.15, 0.2) is 0 Å². The largest absolute Gasteiger partial charge is 0.573 e. The Kier molecular flexibility index (Phi) is 7.20. The summed E-state index contributed by atoms with van der Waals surface area (Å²) in [6.07, 6.45) is -1.49. The minimum atomic E-state index is -4.72. The van der Waals surface area contributed by atoms with Crippen molar-refractivity contribution in [3.63, 3.8) is 0 Å². The number of alkyl halides is 3. The van der Waals surface area contributed by atoms with Gasteiger partial charge in [-0.1, -0.05) is 12.1 Å². The van der Waals surface area contributed by atoms with Crippen LogP contribution in [-0.4, -0.2) is 35.0 Å². The Hall–Kier alpha value is -4.08. The molecule has 1 saturated heterocycles. The van der Waals surface area contributed by atoms with E-state index in [0.29, 0.717) is 48.3 Å². The van der Waals surface area contributed by atoms with Crippen molar-refractivity contribution >= 4 is 17.1 Å². The number of carbonyl (C=O) groups is 1. The summed E-state index contributed by atoms with van der Waals surface area (Å²) < 4.78 is 57.9. The van der Waals surface area contributed by atoms with Crippen LogP contribution in [-0.2, 0) is 6.54 Å². The number of carbonyl (C=O) groups excluding carboxylic acids is 1. The molecule has 2 aromatic heterocycles. The van der Waals surface area contributed by atoms with Crippen molar-refractivity contribution in [1.82, 2.24) is 14.9 Å². The summed E-state index contributed by atoms with van der Waals surface area (Å²) in [5.74, 6) is -0.801. The van der Waals surface area contributed by atoms with Crippen LogP contribution in [0.3, 0.4) is 0 Å². The van der Waals surface area contributed by atoms with Gasteiger partial charge in [0.05, 0.1) is 16.8 Å². The number of amides is 1. The first kappa shape index (κ1) is 26.5. The van der Waals surface area contributed by atoms with Crippen LogP contribution in [0.4, 0.5) is 23.2 Å². The van der Waals surface area contributed by atoms with E-state index in [4.69, 9.17) is 0 Å². The Morgan fingerprint density at radius 2 is 1.77 bits per heavy atom. The molecule has 2 aromatic carbocycles. The van der Waals surface area contributed by atoms with Gasteiger partial charge < -0.3 is 15.0 Å². The number of aromatic nitrogens is 2. The van der Waals surface area contributed by atoms with Crippen molar-refractivity contribution in [2.24, 2.45) is 0 Å². The smallest absolute Gasteiger partial charge is 0.406 e. The van der Waals surface area contributed by atoms with E-state index in [1.165, 1.54) is 18.2 Å². The average molecular weight is 541 g/mol. The summed E-state index contributed by atoms with van der Waals surface area (Å²) in [4.78, 5) is 15.0. The molecule has 0 atom stereocenters. The number of pyridine rings is 1. The number of nitrogens with zero attached hydrogens (tertiary/aromatic N) is 3. The van der Waals surface area contributed by atoms with Gasteiger partial charge in [-0.05, 0) is 91.8 Å². The Bertz CT molecular complexity index is 1490. The summed E-state index contributed by atoms with van der Waals surface area (Å²) in [5.41, 5.74) is 4.96. The highest BCUT2D eigenvalue weighted by molar-refractivity contribution is 6.02. The fraction of sp³-hybridized carbons (Fsp3) is 0.310. The van der Waals surface area contributed by atoms with Crippen LogP contribution in [0.5, 0.6) is 5.75 Å². The molecule has 5 rings (SSSR count). The van der Waals surface area contributed by atoms with Gasteiger partial charge in [0.1, 0.15) is 11.6 Å². The number of hydrogen-bond acceptors (Lipinski definition) is 4. The molecule has 0 unspecified atom stereocenters. The van der Waals surface area contributed by atoms with Gasteiger partial charge in [-0.25, -0.2) is 8.91 Å². The molecule has 1 aliphatic rings. The summed E-state index contributed by atoms with van der Waals surface area (Å²) in [7, 11) is 0. The fourth-order valence-electron chi connectivity index (χ4n) is 5.14. The maximum absolute atomic E-state index is 15.1. The van der Waals surface area contributed by atoms with E-state index < -0.39 is 6.36 Å². The molecule has 39 heavy (non-hydrogen) atoms. The van der Waals surface area contributed by atoms with E-state index in [9.17, 15) is 18.0 Å². The third kappa shape index (κ3) is 6.00. The molecule has 10 heteroatoms. The summed E-state index contributed by atoms with van der Waals surface area (Å²) in [6, 6.07) is 14.7. The highest BCUT2D eigenvalue weighted by atomic mass is 19.4. The van der Waals surface area contributed by atoms with Gasteiger partial charge in [-0.15, -0.1) is 13.2 Å². The molecular weight excluding hydrogens is 512 g/mol. The van der Waals surface area contributed by atoms with E-state index in [-0.39, 0.29) is 29.9 Å². The lowest BCUT2D eigenvalue weighted by Crippen LogP contribution is -2.33. The minimum Gasteiger partial charge on any atom is -0.406 e. The summed E-state index contributed by atoms with van der Waals surface area (Å²) in [5, 5.41) is 7.28. The van der Waals surface area contributed by atoms with Crippen LogP contribution in [0.15, 0.2) is 60.8 Å². The number of halogens is 4. The number of piperidine rings is 1. The number of ether oxygens (including phenoxy) is 1. The van der Waals surface area contributed by atoms with Crippen LogP contribution in [0.25, 0.3) is 5.52 Å². The second kappa shape index (κ2) is 10.6. The van der Waals surface area contributed by atoms with Crippen LogP contribution in [0.1, 0.15) is 51.5 Å². The standard InChI is InChI=1S/C29H28F4N4O2/c1-18-9-14-37-26(15-18)27(19(2)35-37)28(38)34-17-20-3-8-24(25(30)16-20)21-10-12-36(13-11-21)22-4-6-23(7-5-22)39-29(31,32)33/h3-9,14-16,21H,10-13,17H2,1-2H3,(H,34,38). The Balaban J connectivity index is 1.18. The molecule has 0 bridgehead atoms. The molecular formula is C29H28F4N4O2. The highest BCUT2D eigenvalue weighted by Gasteiger charge is 2.31. The number of hydrogen-bond donors (Lipinski definition) is 1. The maximum atomic E-state index is 15.1. The number of anilines is 1. The Morgan fingerprint density at radius 3 is 2.44 bits per heavy atom. The van der Waals surface area contributed by atoms with Gasteiger partial charge in [-0.3, -0.25) is 4.79 Å². The maximum Gasteiger partial charge on any atom is 0.573 e. The van der Waals surface area contributed by atoms with E-state index >= 15 is 4.39 Å². The molecule has 6 nitrogen and oxygen atoms in total. The summed E-state index contributed by atoms with van der Waals surface area (Å²) in [6.45, 7) is 5.23. The van der Waals surface area contributed by atoms with Crippen molar-refractivity contribution in [1.29, 1.82) is 0 Å². The number of nitrogens with one attached hydrogen (secondary N) is 1. The van der Waals surface area contributed by atoms with Gasteiger partial charge >= 0.3 is 6.36 Å². The summed E-state index contributed by atoms with van der Waals surface area (Å²) >= 11 is 0. The van der Waals surface area contributed by atoms with E-state index in [2.05, 4.69) is 20.1 Å². The predicted octanol–water partition coefficient (Wildman–Crippen LogP) is 6.30. The number of rotatable bonds is 6. The van der Waals surface area contributed by atoms with Crippen molar-refractivity contribution < 1.29 is 27.1 Å². The molecule has 4 aromatic rings. The zero-order valence-corrected chi connectivity index (χ0v) is 21.6. The van der Waals surface area contributed by atoms with Gasteiger partial charge in [0, 0.05) is 31.5 Å². The number of benzene rings is 2. The Labute approximate surface area is 223 Å². The van der Waals surface area contributed by atoms with E-state index in [0.717, 1.165) is 16.8 Å². The van der Waals surface area contributed by atoms with Crippen LogP contribution < -0.4 is 15.0 Å². The molecule has 1 N–H and O–H groups in total. The monoisotopic (exact) mass is 540 g/mol. The fourth-order valence-corrected chi connectivity index (χ4v) is 5.14. The average Bonchev–Trinajstić information content (AvgIpc) is 3.22. The van der Waals surface area contributed by atoms with Crippen LogP contribution in [0, 0.1) is 19.7 Å². The molecule has 0 spiro atoms. The van der Waals surface area contributed by atoms with Gasteiger partial charge in [0.2, 0.25) is 0 Å². The van der Waals surface area contributed by atoms with E-state index in [1.54, 1.807) is 29.6 Å². The lowest BCUT2D eigenvalue weighted by atomic mass is 9.88. The SMILES string of the molecule is Cc1ccn2nc(C)c(C(=O)NCc3ccc(C4CCN(c5ccc(OC(F)(F)F)cc5)CC4)c(F)c3)c2c1. The first-order valence-corrected chi connectivity index (χ1v) is 12.7. The quantitative estimate of drug-likeness (QED) is 0.292. The molecule has 0 aliphatic carbocycles. The lowest BCUT2D eigenvalue weighted by Gasteiger charge is -2.34. The highest BCUT2D eigenvalue weighted by Crippen LogP contribution is 2.33. The Morgan fingerprint density at radius 1 is 1.05 bits per heavy atom. The van der Waals surface area contributed by atoms with Crippen molar-refractivity contribution in [3.8, 4) is 5.75 Å². The van der Waals surface area contributed by atoms with E-state index in [1.807, 2.05) is 31.3 Å². The topological polar surface area (TPSA) is 58.9 Å². The van der Waals surface area contributed by atoms with Crippen molar-refractivity contribution in [2.75, 3.05) is 18.0 Å². The van der Waals surface area contributed by atoms with Gasteiger partial charge in [-0.2, -0.15) is 5.10 Å². The third-order valence-electron chi connectivity index (χ3n) is 7.08. The van der Waals surface area contributed by atoms with Crippen molar-refractivity contribution in [2.45, 2.75) is 45.5 Å². The number of fused-ring (bicyclic) bond motifs is 1. The molecule has 1 aliphatic heterocycles. The first-order chi connectivity index (χ1) is 18.6. The molecule has 1 amide bonds. The lowest BCUT2D eigenvalue weighted by molar-refractivity contribution is -0.274. The third-order valence-corrected chi connectivity index (χ3v) is 7.08. The molecule has 3 heterocycles. The molecule has 0 radical (unpaired) electrons. The predicted molar refractivity (Wildman–Crippen MR) is 140 cm³/mol. The van der Waals surface area contributed by atoms with Crippen LogP contribution in [0.2, 0.25) is 0 Å². The molecule has 0 saturated carbocycles. The van der Waals surface area contributed by atoms with Crippen LogP contribution >= 0.6 is 0 Å². The minimum absolute atomic E-state index is 0.0300. The van der Waals surface area contributed by atoms with Crippen molar-refractivity contribution in [3.05, 3.63) is 94.6 Å². The normalized spacial score (nSPS) is 14.6. The zero-order valence-electron chi connectivity index (χ0n) is 21.6. The zero-order chi connectivity index (χ0) is 27.7. The molecule has 1 fully saturated rings.